The lowest BCUT2D eigenvalue weighted by atomic mass is 9.66. The Kier molecular flexibility index (Phi) is 5.14. The Hall–Kier alpha value is -2.55. The number of nitrogens with two attached hydrogens (primary N) is 2. The van der Waals surface area contributed by atoms with Crippen molar-refractivity contribution in [3.8, 4) is 0 Å². The van der Waals surface area contributed by atoms with Gasteiger partial charge in [-0.3, -0.25) is 19.2 Å². The Bertz CT molecular complexity index is 803. The number of likely N-dealkylation sites (tertiary alicyclic amines) is 1. The first-order valence-corrected chi connectivity index (χ1v) is 9.51. The highest BCUT2D eigenvalue weighted by Gasteiger charge is 2.66. The fourth-order valence-corrected chi connectivity index (χ4v) is 4.69. The largest absolute Gasteiger partial charge is 0.367 e. The number of aromatic amines is 1. The fourth-order valence-electron chi connectivity index (χ4n) is 4.69. The van der Waals surface area contributed by atoms with E-state index in [9.17, 15) is 19.2 Å². The second kappa shape index (κ2) is 7.12. The second-order valence-electron chi connectivity index (χ2n) is 8.43. The summed E-state index contributed by atoms with van der Waals surface area (Å²) in [5.41, 5.74) is 9.92. The van der Waals surface area contributed by atoms with Crippen LogP contribution in [0.4, 0.5) is 0 Å². The summed E-state index contributed by atoms with van der Waals surface area (Å²) >= 11 is 0. The lowest BCUT2D eigenvalue weighted by Gasteiger charge is -2.44. The third-order valence-corrected chi connectivity index (χ3v) is 6.25. The van der Waals surface area contributed by atoms with Gasteiger partial charge in [-0.2, -0.15) is 0 Å². The summed E-state index contributed by atoms with van der Waals surface area (Å²) in [4.78, 5) is 59.3. The van der Waals surface area contributed by atoms with Gasteiger partial charge in [-0.25, -0.2) is 4.98 Å². The lowest BCUT2D eigenvalue weighted by Crippen LogP contribution is -2.69. The number of carbonyl (C=O) groups excluding carboxylic acids is 4. The van der Waals surface area contributed by atoms with Gasteiger partial charge in [0.1, 0.15) is 5.78 Å². The van der Waals surface area contributed by atoms with Gasteiger partial charge in [0.05, 0.1) is 12.4 Å². The van der Waals surface area contributed by atoms with E-state index in [-0.39, 0.29) is 25.2 Å². The van der Waals surface area contributed by atoms with E-state index in [1.54, 1.807) is 20.0 Å². The number of aromatic nitrogens is 2. The van der Waals surface area contributed by atoms with Gasteiger partial charge >= 0.3 is 0 Å². The molecular weight excluding hydrogens is 362 g/mol. The molecule has 3 atom stereocenters. The van der Waals surface area contributed by atoms with E-state index in [0.717, 1.165) is 0 Å². The van der Waals surface area contributed by atoms with Crippen LogP contribution in [0.15, 0.2) is 12.5 Å². The van der Waals surface area contributed by atoms with Crippen molar-refractivity contribution in [3.05, 3.63) is 18.2 Å². The molecule has 2 fully saturated rings. The molecule has 2 heterocycles. The maximum Gasteiger partial charge on any atom is 0.251 e. The molecule has 1 aromatic rings. The zero-order chi connectivity index (χ0) is 20.7. The molecule has 3 rings (SSSR count). The predicted molar refractivity (Wildman–Crippen MR) is 99.7 cm³/mol. The van der Waals surface area contributed by atoms with Crippen LogP contribution in [0, 0.1) is 11.3 Å². The van der Waals surface area contributed by atoms with Gasteiger partial charge in [-0.05, 0) is 12.8 Å². The Morgan fingerprint density at radius 3 is 2.64 bits per heavy atom. The van der Waals surface area contributed by atoms with Crippen molar-refractivity contribution in [2.24, 2.45) is 22.8 Å². The molecule has 0 spiro atoms. The fraction of sp³-hybridized carbons (Fsp3) is 0.632. The molecule has 9 heteroatoms. The zero-order valence-electron chi connectivity index (χ0n) is 16.2. The highest BCUT2D eigenvalue weighted by Crippen LogP contribution is 2.48. The summed E-state index contributed by atoms with van der Waals surface area (Å²) in [6.07, 6.45) is 4.46. The standard InChI is InChI=1S/C19H27N5O4/c1-18(2)5-6-24(16(27)14(20)8-12-9-22-10-23-12)19(18,17(21)28)15(26)11-3-4-13(25)7-11/h9-11,14H,3-8,20H2,1-2H3,(H2,21,28)(H,22,23)/t11-,14+,19-/m1/s1. The summed E-state index contributed by atoms with van der Waals surface area (Å²) in [6.45, 7) is 3.73. The van der Waals surface area contributed by atoms with Gasteiger partial charge in [-0.15, -0.1) is 0 Å². The second-order valence-corrected chi connectivity index (χ2v) is 8.43. The molecule has 28 heavy (non-hydrogen) atoms. The number of hydrogen-bond donors (Lipinski definition) is 3. The van der Waals surface area contributed by atoms with Crippen molar-refractivity contribution >= 4 is 23.4 Å². The van der Waals surface area contributed by atoms with E-state index in [2.05, 4.69) is 9.97 Å². The molecule has 1 aliphatic carbocycles. The number of nitrogens with zero attached hydrogens (tertiary/aromatic N) is 2. The number of ketones is 2. The molecule has 1 aliphatic heterocycles. The maximum atomic E-state index is 13.5. The van der Waals surface area contributed by atoms with Crippen molar-refractivity contribution in [1.29, 1.82) is 0 Å². The Morgan fingerprint density at radius 2 is 2.11 bits per heavy atom. The summed E-state index contributed by atoms with van der Waals surface area (Å²) in [7, 11) is 0. The van der Waals surface area contributed by atoms with Crippen LogP contribution in [0.5, 0.6) is 0 Å². The van der Waals surface area contributed by atoms with Crippen molar-refractivity contribution in [2.75, 3.05) is 6.54 Å². The number of imidazole rings is 1. The first-order valence-electron chi connectivity index (χ1n) is 9.51. The zero-order valence-corrected chi connectivity index (χ0v) is 16.2. The quantitative estimate of drug-likeness (QED) is 0.568. The molecule has 5 N–H and O–H groups in total. The molecule has 0 bridgehead atoms. The van der Waals surface area contributed by atoms with Gasteiger partial charge in [0.25, 0.3) is 5.91 Å². The number of rotatable bonds is 6. The topological polar surface area (TPSA) is 152 Å². The smallest absolute Gasteiger partial charge is 0.251 e. The van der Waals surface area contributed by atoms with Crippen LogP contribution in [0.25, 0.3) is 0 Å². The SMILES string of the molecule is CC1(C)CCN(C(=O)[C@@H](N)Cc2cnc[nH]2)[C@@]1(C(N)=O)C(=O)[C@@H]1CCC(=O)C1. The van der Waals surface area contributed by atoms with Crippen LogP contribution in [0.2, 0.25) is 0 Å². The first-order chi connectivity index (χ1) is 13.1. The molecule has 0 radical (unpaired) electrons. The highest BCUT2D eigenvalue weighted by molar-refractivity contribution is 6.15. The van der Waals surface area contributed by atoms with Crippen molar-refractivity contribution < 1.29 is 19.2 Å². The monoisotopic (exact) mass is 389 g/mol. The normalized spacial score (nSPS) is 27.8. The third-order valence-electron chi connectivity index (χ3n) is 6.25. The van der Waals surface area contributed by atoms with Crippen LogP contribution >= 0.6 is 0 Å². The summed E-state index contributed by atoms with van der Waals surface area (Å²) < 4.78 is 0. The number of H-pyrrole nitrogens is 1. The van der Waals surface area contributed by atoms with E-state index >= 15 is 0 Å². The van der Waals surface area contributed by atoms with Gasteiger partial charge in [0.15, 0.2) is 11.3 Å². The molecule has 0 unspecified atom stereocenters. The minimum absolute atomic E-state index is 0.0115. The minimum atomic E-state index is -1.80. The molecule has 2 aliphatic rings. The number of Topliss-reactive ketones (excluding diaryl/α,β-unsaturated/α-hetero) is 2. The van der Waals surface area contributed by atoms with Crippen LogP contribution < -0.4 is 11.5 Å². The number of nitrogens with one attached hydrogen (secondary N) is 1. The Balaban J connectivity index is 1.96. The number of carbonyl (C=O) groups is 4. The van der Waals surface area contributed by atoms with Crippen LogP contribution in [-0.2, 0) is 25.6 Å². The lowest BCUT2D eigenvalue weighted by molar-refractivity contribution is -0.159. The number of amides is 2. The summed E-state index contributed by atoms with van der Waals surface area (Å²) in [6, 6.07) is -0.953. The van der Waals surface area contributed by atoms with E-state index in [1.165, 1.54) is 11.2 Å². The van der Waals surface area contributed by atoms with Crippen molar-refractivity contribution in [2.45, 2.75) is 57.5 Å². The average Bonchev–Trinajstić information content (AvgIpc) is 3.33. The number of hydrogen-bond acceptors (Lipinski definition) is 6. The average molecular weight is 389 g/mol. The Labute approximate surface area is 163 Å². The Morgan fingerprint density at radius 1 is 1.39 bits per heavy atom. The molecule has 2 amide bonds. The van der Waals surface area contributed by atoms with Gasteiger partial charge < -0.3 is 21.4 Å². The van der Waals surface area contributed by atoms with E-state index in [0.29, 0.717) is 25.0 Å². The summed E-state index contributed by atoms with van der Waals surface area (Å²) in [5, 5.41) is 0. The number of primary amides is 1. The molecule has 9 nitrogen and oxygen atoms in total. The third kappa shape index (κ3) is 3.03. The minimum Gasteiger partial charge on any atom is -0.367 e. The summed E-state index contributed by atoms with van der Waals surface area (Å²) in [5.74, 6) is -2.41. The molecule has 1 aromatic heterocycles. The molecule has 152 valence electrons. The van der Waals surface area contributed by atoms with Crippen LogP contribution in [0.3, 0.4) is 0 Å². The highest BCUT2D eigenvalue weighted by atomic mass is 16.2. The van der Waals surface area contributed by atoms with Gasteiger partial charge in [0.2, 0.25) is 5.91 Å². The van der Waals surface area contributed by atoms with Crippen molar-refractivity contribution in [3.63, 3.8) is 0 Å². The predicted octanol–water partition coefficient (Wildman–Crippen LogP) is -0.300. The first kappa shape index (κ1) is 20.2. The van der Waals surface area contributed by atoms with Crippen molar-refractivity contribution in [1.82, 2.24) is 14.9 Å². The molecule has 1 saturated heterocycles. The molecule has 1 saturated carbocycles. The van der Waals surface area contributed by atoms with Gasteiger partial charge in [-0.1, -0.05) is 13.8 Å². The maximum absolute atomic E-state index is 13.5. The van der Waals surface area contributed by atoms with Crippen LogP contribution in [0.1, 0.15) is 45.2 Å². The molecule has 0 aromatic carbocycles. The van der Waals surface area contributed by atoms with Crippen LogP contribution in [-0.4, -0.2) is 56.4 Å². The van der Waals surface area contributed by atoms with E-state index in [1.807, 2.05) is 0 Å². The van der Waals surface area contributed by atoms with E-state index < -0.39 is 40.5 Å². The van der Waals surface area contributed by atoms with E-state index in [4.69, 9.17) is 11.5 Å². The molecular formula is C19H27N5O4. The van der Waals surface area contributed by atoms with Gasteiger partial charge in [0, 0.05) is 49.0 Å².